The van der Waals surface area contributed by atoms with Crippen molar-refractivity contribution in [3.05, 3.63) is 148 Å². The molecule has 1 N–H and O–H groups in total. The maximum Gasteiger partial charge on any atom is 0.325 e. The first kappa shape index (κ1) is 31.1. The number of hydrogen-bond donors (Lipinski definition) is 1. The first-order valence-corrected chi connectivity index (χ1v) is 17.3. The molecule has 0 saturated carbocycles. The highest BCUT2D eigenvalue weighted by Crippen LogP contribution is 2.74. The van der Waals surface area contributed by atoms with Gasteiger partial charge in [0.2, 0.25) is 0 Å². The lowest BCUT2D eigenvalue weighted by molar-refractivity contribution is -0.274. The third-order valence-electron chi connectivity index (χ3n) is 10.6. The average Bonchev–Trinajstić information content (AvgIpc) is 3.06. The van der Waals surface area contributed by atoms with E-state index in [2.05, 4.69) is 148 Å². The minimum atomic E-state index is -1.09. The predicted molar refractivity (Wildman–Crippen MR) is 191 cm³/mol. The number of nitrogens with one attached hydrogen (secondary N) is 1. The number of amides is 4. The molecule has 0 spiro atoms. The van der Waals surface area contributed by atoms with Gasteiger partial charge in [0.1, 0.15) is 11.1 Å². The van der Waals surface area contributed by atoms with Crippen molar-refractivity contribution in [1.29, 1.82) is 0 Å². The van der Waals surface area contributed by atoms with Gasteiger partial charge in [0, 0.05) is 19.8 Å². The molecule has 4 aromatic carbocycles. The molecular formula is C40H42N4O2S. The molecule has 6 nitrogen and oxygen atoms in total. The first-order valence-electron chi connectivity index (χ1n) is 16.3. The van der Waals surface area contributed by atoms with Crippen molar-refractivity contribution in [1.82, 2.24) is 20.0 Å². The van der Waals surface area contributed by atoms with E-state index in [4.69, 9.17) is 0 Å². The van der Waals surface area contributed by atoms with Gasteiger partial charge in [-0.25, -0.2) is 9.59 Å². The van der Waals surface area contributed by atoms with Crippen molar-refractivity contribution in [2.45, 2.75) is 56.6 Å². The summed E-state index contributed by atoms with van der Waals surface area (Å²) in [7, 11) is 3.80. The fourth-order valence-corrected chi connectivity index (χ4v) is 9.84. The van der Waals surface area contributed by atoms with Crippen LogP contribution in [0.3, 0.4) is 0 Å². The minimum absolute atomic E-state index is 0.0599. The van der Waals surface area contributed by atoms with Gasteiger partial charge < -0.3 is 10.2 Å². The number of urea groups is 2. The molecule has 0 aromatic heterocycles. The number of benzene rings is 4. The molecule has 4 aromatic rings. The van der Waals surface area contributed by atoms with E-state index >= 15 is 0 Å². The van der Waals surface area contributed by atoms with Crippen LogP contribution in [0.15, 0.2) is 103 Å². The molecule has 7 heteroatoms. The molecule has 3 aliphatic rings. The number of nitrogens with zero attached hydrogens (tertiary/aromatic N) is 3. The van der Waals surface area contributed by atoms with Gasteiger partial charge in [0.15, 0.2) is 5.66 Å². The smallest absolute Gasteiger partial charge is 0.311 e. The highest BCUT2D eigenvalue weighted by atomic mass is 32.2. The van der Waals surface area contributed by atoms with E-state index < -0.39 is 16.7 Å². The van der Waals surface area contributed by atoms with E-state index in [0.29, 0.717) is 0 Å². The second-order valence-corrected chi connectivity index (χ2v) is 14.7. The summed E-state index contributed by atoms with van der Waals surface area (Å²) < 4.78 is 0. The van der Waals surface area contributed by atoms with E-state index in [9.17, 15) is 9.59 Å². The number of thioether (sulfide) groups is 1. The van der Waals surface area contributed by atoms with Crippen LogP contribution in [0, 0.1) is 27.7 Å². The standard InChI is InChI=1S/C40H42N4O2S/c1-8-47-35-39(32-21-13-28(4)14-22-32,44-37(46)43(7)40(35,44)33-23-15-29(5)16-24-33)38(31-19-11-27(3)12-20-31)25-34(41-36(45)42(38)6)30-17-9-26(2)10-18-30/h9-25,35H,8H2,1-7H3,(H,41,45). The van der Waals surface area contributed by atoms with Gasteiger partial charge in [-0.15, -0.1) is 0 Å². The molecule has 3 heterocycles. The summed E-state index contributed by atoms with van der Waals surface area (Å²) in [4.78, 5) is 34.9. The highest BCUT2D eigenvalue weighted by molar-refractivity contribution is 8.00. The number of carbonyl (C=O) groups excluding carboxylic acids is 2. The Labute approximate surface area is 282 Å². The number of aryl methyl sites for hydroxylation is 4. The van der Waals surface area contributed by atoms with Gasteiger partial charge in [-0.05, 0) is 61.8 Å². The van der Waals surface area contributed by atoms with Gasteiger partial charge in [-0.3, -0.25) is 9.80 Å². The number of carbonyl (C=O) groups is 2. The van der Waals surface area contributed by atoms with Crippen LogP contribution in [0.4, 0.5) is 9.59 Å². The lowest BCUT2D eigenvalue weighted by Crippen LogP contribution is -2.98. The van der Waals surface area contributed by atoms with Gasteiger partial charge in [-0.1, -0.05) is 126 Å². The number of likely N-dealkylation sites (N-methyl/N-ethyl adjacent to an activating group) is 1. The van der Waals surface area contributed by atoms with E-state index in [0.717, 1.165) is 50.4 Å². The molecule has 3 aliphatic heterocycles. The third kappa shape index (κ3) is 4.05. The van der Waals surface area contributed by atoms with E-state index in [-0.39, 0.29) is 17.3 Å². The Bertz CT molecular complexity index is 1890. The Morgan fingerprint density at radius 3 is 1.64 bits per heavy atom. The van der Waals surface area contributed by atoms with Gasteiger partial charge in [-0.2, -0.15) is 11.8 Å². The molecule has 2 fully saturated rings. The zero-order chi connectivity index (χ0) is 33.3. The molecule has 4 amide bonds. The monoisotopic (exact) mass is 642 g/mol. The van der Waals surface area contributed by atoms with Crippen molar-refractivity contribution in [2.24, 2.45) is 0 Å². The molecule has 47 heavy (non-hydrogen) atoms. The van der Waals surface area contributed by atoms with E-state index in [1.165, 1.54) is 5.56 Å². The second-order valence-electron chi connectivity index (χ2n) is 13.3. The molecule has 0 bridgehead atoms. The maximum absolute atomic E-state index is 14.6. The van der Waals surface area contributed by atoms with Gasteiger partial charge >= 0.3 is 12.1 Å². The Morgan fingerprint density at radius 1 is 0.660 bits per heavy atom. The Morgan fingerprint density at radius 2 is 1.13 bits per heavy atom. The summed E-state index contributed by atoms with van der Waals surface area (Å²) in [5.41, 5.74) is 6.47. The number of hydrogen-bond acceptors (Lipinski definition) is 3. The van der Waals surface area contributed by atoms with Crippen molar-refractivity contribution in [3.63, 3.8) is 0 Å². The van der Waals surface area contributed by atoms with Crippen LogP contribution in [0.1, 0.15) is 51.4 Å². The van der Waals surface area contributed by atoms with Crippen LogP contribution >= 0.6 is 11.8 Å². The Kier molecular flexibility index (Phi) is 7.32. The van der Waals surface area contributed by atoms with Crippen LogP contribution in [0.25, 0.3) is 5.70 Å². The van der Waals surface area contributed by atoms with Crippen LogP contribution in [0.5, 0.6) is 0 Å². The summed E-state index contributed by atoms with van der Waals surface area (Å²) >= 11 is 1.86. The minimum Gasteiger partial charge on any atom is -0.311 e. The topological polar surface area (TPSA) is 55.9 Å². The summed E-state index contributed by atoms with van der Waals surface area (Å²) in [6, 6.07) is 33.6. The third-order valence-corrected chi connectivity index (χ3v) is 11.9. The normalized spacial score (nSPS) is 26.7. The molecule has 0 radical (unpaired) electrons. The predicted octanol–water partition coefficient (Wildman–Crippen LogP) is 8.06. The Balaban J connectivity index is 1.62. The average molecular weight is 643 g/mol. The number of rotatable bonds is 7. The zero-order valence-corrected chi connectivity index (χ0v) is 29.0. The summed E-state index contributed by atoms with van der Waals surface area (Å²) in [5, 5.41) is 3.05. The van der Waals surface area contributed by atoms with Crippen molar-refractivity contribution < 1.29 is 9.59 Å². The van der Waals surface area contributed by atoms with E-state index in [1.807, 2.05) is 35.7 Å². The lowest BCUT2D eigenvalue weighted by Gasteiger charge is -2.82. The summed E-state index contributed by atoms with van der Waals surface area (Å²) in [5.74, 6) is 0.830. The van der Waals surface area contributed by atoms with Crippen LogP contribution in [0.2, 0.25) is 0 Å². The largest absolute Gasteiger partial charge is 0.325 e. The molecule has 240 valence electrons. The van der Waals surface area contributed by atoms with Crippen LogP contribution < -0.4 is 5.32 Å². The highest BCUT2D eigenvalue weighted by Gasteiger charge is 2.87. The summed E-state index contributed by atoms with van der Waals surface area (Å²) in [6.07, 6.45) is 2.22. The van der Waals surface area contributed by atoms with Crippen molar-refractivity contribution in [2.75, 3.05) is 19.8 Å². The molecule has 2 saturated heterocycles. The van der Waals surface area contributed by atoms with Crippen LogP contribution in [-0.4, -0.2) is 51.9 Å². The molecule has 7 rings (SSSR count). The first-order chi connectivity index (χ1) is 22.5. The fourth-order valence-electron chi connectivity index (χ4n) is 8.22. The molecule has 4 unspecified atom stereocenters. The SMILES string of the molecule is CCSC1C2(c3ccc(C)cc3)N(C)C(=O)N2C1(c1ccc(C)cc1)C1(c2ccc(C)cc2)C=C(c2ccc(C)cc2)NC(=O)N1C. The van der Waals surface area contributed by atoms with Crippen molar-refractivity contribution in [3.8, 4) is 0 Å². The molecule has 0 aliphatic carbocycles. The molecule has 4 atom stereocenters. The van der Waals surface area contributed by atoms with Crippen LogP contribution in [-0.2, 0) is 16.7 Å². The van der Waals surface area contributed by atoms with E-state index in [1.54, 1.807) is 0 Å². The van der Waals surface area contributed by atoms with Crippen molar-refractivity contribution >= 4 is 29.5 Å². The maximum atomic E-state index is 14.6. The zero-order valence-electron chi connectivity index (χ0n) is 28.2. The summed E-state index contributed by atoms with van der Waals surface area (Å²) in [6.45, 7) is 10.5. The second kappa shape index (κ2) is 11.1. The fraction of sp³-hybridized carbons (Fsp3) is 0.300. The quantitative estimate of drug-likeness (QED) is 0.222. The molecular weight excluding hydrogens is 601 g/mol. The Hall–Kier alpha value is -4.49. The van der Waals surface area contributed by atoms with Gasteiger partial charge in [0.05, 0.1) is 5.25 Å². The van der Waals surface area contributed by atoms with Gasteiger partial charge in [0.25, 0.3) is 0 Å². The number of fused-ring (bicyclic) bond motifs is 1. The lowest BCUT2D eigenvalue weighted by atomic mass is 9.52.